The standard InChI is InChI=1S/C10H13F2N/c11-10(12,7-4-8-13)9-5-2-1-3-6-9/h1-3,5-6H,4,7-8,13H2. The largest absolute Gasteiger partial charge is 0.330 e. The van der Waals surface area contributed by atoms with Crippen molar-refractivity contribution in [2.45, 2.75) is 18.8 Å². The molecule has 0 aliphatic rings. The van der Waals surface area contributed by atoms with Gasteiger partial charge >= 0.3 is 0 Å². The van der Waals surface area contributed by atoms with Gasteiger partial charge in [-0.2, -0.15) is 0 Å². The van der Waals surface area contributed by atoms with Gasteiger partial charge in [0.05, 0.1) is 0 Å². The zero-order valence-electron chi connectivity index (χ0n) is 7.34. The van der Waals surface area contributed by atoms with Crippen molar-refractivity contribution in [2.24, 2.45) is 5.73 Å². The molecule has 0 atom stereocenters. The van der Waals surface area contributed by atoms with Gasteiger partial charge < -0.3 is 5.73 Å². The Morgan fingerprint density at radius 3 is 2.31 bits per heavy atom. The number of hydrogen-bond donors (Lipinski definition) is 1. The molecule has 0 radical (unpaired) electrons. The minimum absolute atomic E-state index is 0.0726. The molecule has 1 aromatic carbocycles. The van der Waals surface area contributed by atoms with Crippen LogP contribution in [0.1, 0.15) is 18.4 Å². The zero-order valence-corrected chi connectivity index (χ0v) is 7.34. The van der Waals surface area contributed by atoms with Crippen molar-refractivity contribution in [1.82, 2.24) is 0 Å². The second-order valence-corrected chi connectivity index (χ2v) is 2.96. The smallest absolute Gasteiger partial charge is 0.273 e. The Morgan fingerprint density at radius 2 is 1.77 bits per heavy atom. The van der Waals surface area contributed by atoms with E-state index in [-0.39, 0.29) is 12.0 Å². The molecule has 3 heteroatoms. The molecule has 0 aromatic heterocycles. The SMILES string of the molecule is NCCCC(F)(F)c1ccccc1. The van der Waals surface area contributed by atoms with Crippen LogP contribution in [0.3, 0.4) is 0 Å². The molecule has 0 amide bonds. The summed E-state index contributed by atoms with van der Waals surface area (Å²) in [5, 5.41) is 0. The first-order valence-electron chi connectivity index (χ1n) is 4.30. The fraction of sp³-hybridized carbons (Fsp3) is 0.400. The summed E-state index contributed by atoms with van der Waals surface area (Å²) in [6, 6.07) is 7.84. The zero-order chi connectivity index (χ0) is 9.73. The molecule has 13 heavy (non-hydrogen) atoms. The van der Waals surface area contributed by atoms with Gasteiger partial charge in [-0.15, -0.1) is 0 Å². The first-order valence-corrected chi connectivity index (χ1v) is 4.30. The third-order valence-corrected chi connectivity index (χ3v) is 1.89. The summed E-state index contributed by atoms with van der Waals surface area (Å²) in [6.07, 6.45) is 0.176. The predicted octanol–water partition coefficient (Wildman–Crippen LogP) is 2.52. The van der Waals surface area contributed by atoms with E-state index in [2.05, 4.69) is 0 Å². The minimum Gasteiger partial charge on any atom is -0.330 e. The Hall–Kier alpha value is -0.960. The molecule has 1 nitrogen and oxygen atoms in total. The van der Waals surface area contributed by atoms with E-state index in [0.29, 0.717) is 13.0 Å². The molecule has 0 spiro atoms. The number of halogens is 2. The van der Waals surface area contributed by atoms with Crippen LogP contribution < -0.4 is 5.73 Å². The van der Waals surface area contributed by atoms with E-state index in [0.717, 1.165) is 0 Å². The molecule has 0 heterocycles. The van der Waals surface area contributed by atoms with E-state index in [1.54, 1.807) is 18.2 Å². The predicted molar refractivity (Wildman–Crippen MR) is 48.6 cm³/mol. The maximum absolute atomic E-state index is 13.3. The fourth-order valence-corrected chi connectivity index (χ4v) is 1.15. The molecular formula is C10H13F2N. The summed E-state index contributed by atoms with van der Waals surface area (Å²) in [4.78, 5) is 0. The van der Waals surface area contributed by atoms with Crippen LogP contribution >= 0.6 is 0 Å². The Labute approximate surface area is 76.6 Å². The van der Waals surface area contributed by atoms with Crippen molar-refractivity contribution in [3.8, 4) is 0 Å². The number of alkyl halides is 2. The number of rotatable bonds is 4. The maximum atomic E-state index is 13.3. The van der Waals surface area contributed by atoms with Crippen molar-refractivity contribution in [3.63, 3.8) is 0 Å². The summed E-state index contributed by atoms with van der Waals surface area (Å²) in [5.74, 6) is -2.74. The van der Waals surface area contributed by atoms with Crippen LogP contribution in [0.2, 0.25) is 0 Å². The van der Waals surface area contributed by atoms with Crippen molar-refractivity contribution in [3.05, 3.63) is 35.9 Å². The van der Waals surface area contributed by atoms with E-state index in [4.69, 9.17) is 5.73 Å². The van der Waals surface area contributed by atoms with Crippen molar-refractivity contribution >= 4 is 0 Å². The Morgan fingerprint density at radius 1 is 1.15 bits per heavy atom. The quantitative estimate of drug-likeness (QED) is 0.766. The number of benzene rings is 1. The molecule has 0 aliphatic carbocycles. The summed E-state index contributed by atoms with van der Waals surface area (Å²) in [6.45, 7) is 0.308. The summed E-state index contributed by atoms with van der Waals surface area (Å²) in [7, 11) is 0. The van der Waals surface area contributed by atoms with E-state index >= 15 is 0 Å². The average Bonchev–Trinajstić information content (AvgIpc) is 2.16. The van der Waals surface area contributed by atoms with Gasteiger partial charge in [0.15, 0.2) is 0 Å². The topological polar surface area (TPSA) is 26.0 Å². The first kappa shape index (κ1) is 10.1. The monoisotopic (exact) mass is 185 g/mol. The van der Waals surface area contributed by atoms with Gasteiger partial charge in [-0.3, -0.25) is 0 Å². The normalized spacial score (nSPS) is 11.6. The molecule has 0 aliphatic heterocycles. The second-order valence-electron chi connectivity index (χ2n) is 2.96. The van der Waals surface area contributed by atoms with E-state index in [1.807, 2.05) is 0 Å². The van der Waals surface area contributed by atoms with Gasteiger partial charge in [-0.1, -0.05) is 30.3 Å². The second kappa shape index (κ2) is 4.33. The third-order valence-electron chi connectivity index (χ3n) is 1.89. The van der Waals surface area contributed by atoms with Gasteiger partial charge in [0.25, 0.3) is 5.92 Å². The molecule has 0 saturated heterocycles. The van der Waals surface area contributed by atoms with Crippen LogP contribution in [0.5, 0.6) is 0 Å². The van der Waals surface area contributed by atoms with Gasteiger partial charge in [0, 0.05) is 12.0 Å². The molecule has 2 N–H and O–H groups in total. The van der Waals surface area contributed by atoms with Crippen LogP contribution in [0, 0.1) is 0 Å². The van der Waals surface area contributed by atoms with Crippen LogP contribution in [-0.2, 0) is 5.92 Å². The molecule has 0 bridgehead atoms. The Balaban J connectivity index is 2.69. The van der Waals surface area contributed by atoms with Gasteiger partial charge in [-0.05, 0) is 13.0 Å². The molecule has 0 saturated carbocycles. The lowest BCUT2D eigenvalue weighted by atomic mass is 10.0. The van der Waals surface area contributed by atoms with Crippen LogP contribution in [0.4, 0.5) is 8.78 Å². The lowest BCUT2D eigenvalue weighted by Gasteiger charge is -2.15. The van der Waals surface area contributed by atoms with E-state index < -0.39 is 5.92 Å². The molecule has 0 fully saturated rings. The molecule has 1 aromatic rings. The minimum atomic E-state index is -2.74. The van der Waals surface area contributed by atoms with Gasteiger partial charge in [-0.25, -0.2) is 8.78 Å². The third kappa shape index (κ3) is 2.77. The molecule has 0 unspecified atom stereocenters. The number of nitrogens with two attached hydrogens (primary N) is 1. The van der Waals surface area contributed by atoms with Gasteiger partial charge in [0.1, 0.15) is 0 Å². The maximum Gasteiger partial charge on any atom is 0.273 e. The summed E-state index contributed by atoms with van der Waals surface area (Å²) in [5.41, 5.74) is 5.25. The van der Waals surface area contributed by atoms with Crippen molar-refractivity contribution in [1.29, 1.82) is 0 Å². The highest BCUT2D eigenvalue weighted by Crippen LogP contribution is 2.32. The summed E-state index contributed by atoms with van der Waals surface area (Å²) >= 11 is 0. The molecular weight excluding hydrogens is 172 g/mol. The Kier molecular flexibility index (Phi) is 3.37. The molecule has 72 valence electrons. The van der Waals surface area contributed by atoms with Gasteiger partial charge in [0.2, 0.25) is 0 Å². The summed E-state index contributed by atoms with van der Waals surface area (Å²) < 4.78 is 26.6. The first-order chi connectivity index (χ1) is 6.17. The van der Waals surface area contributed by atoms with Crippen LogP contribution in [0.25, 0.3) is 0 Å². The number of hydrogen-bond acceptors (Lipinski definition) is 1. The van der Waals surface area contributed by atoms with Crippen LogP contribution in [0.15, 0.2) is 30.3 Å². The van der Waals surface area contributed by atoms with Crippen molar-refractivity contribution < 1.29 is 8.78 Å². The van der Waals surface area contributed by atoms with Crippen LogP contribution in [-0.4, -0.2) is 6.54 Å². The highest BCUT2D eigenvalue weighted by Gasteiger charge is 2.29. The van der Waals surface area contributed by atoms with Crippen molar-refractivity contribution in [2.75, 3.05) is 6.54 Å². The Bertz CT molecular complexity index is 246. The van der Waals surface area contributed by atoms with E-state index in [9.17, 15) is 8.78 Å². The lowest BCUT2D eigenvalue weighted by molar-refractivity contribution is -0.0146. The molecule has 1 rings (SSSR count). The lowest BCUT2D eigenvalue weighted by Crippen LogP contribution is -2.15. The van der Waals surface area contributed by atoms with E-state index in [1.165, 1.54) is 12.1 Å². The highest BCUT2D eigenvalue weighted by atomic mass is 19.3. The average molecular weight is 185 g/mol. The fourth-order valence-electron chi connectivity index (χ4n) is 1.15. The highest BCUT2D eigenvalue weighted by molar-refractivity contribution is 5.19.